The highest BCUT2D eigenvalue weighted by Gasteiger charge is 2.26. The zero-order chi connectivity index (χ0) is 10.8. The Morgan fingerprint density at radius 2 is 2.13 bits per heavy atom. The maximum atomic E-state index is 11.9. The molecule has 0 spiro atoms. The standard InChI is InChI=1S/C8H13N5O2/c1-12-2-4-13(5-3-12)8(14)6-7(9)11-15-10-6/h2-5H2,1H3,(H2,9,11)/p+1. The molecule has 0 bridgehead atoms. The first-order chi connectivity index (χ1) is 7.18. The zero-order valence-electron chi connectivity index (χ0n) is 8.56. The average molecular weight is 212 g/mol. The fourth-order valence-electron chi connectivity index (χ4n) is 1.59. The van der Waals surface area contributed by atoms with E-state index >= 15 is 0 Å². The summed E-state index contributed by atoms with van der Waals surface area (Å²) in [5, 5.41) is 6.89. The molecule has 7 nitrogen and oxygen atoms in total. The first-order valence-electron chi connectivity index (χ1n) is 4.87. The van der Waals surface area contributed by atoms with Crippen molar-refractivity contribution >= 4 is 11.7 Å². The molecule has 1 fully saturated rings. The molecule has 1 saturated heterocycles. The van der Waals surface area contributed by atoms with Crippen LogP contribution in [0.1, 0.15) is 10.5 Å². The van der Waals surface area contributed by atoms with Crippen molar-refractivity contribution in [3.8, 4) is 0 Å². The van der Waals surface area contributed by atoms with E-state index in [2.05, 4.69) is 22.0 Å². The van der Waals surface area contributed by atoms with Gasteiger partial charge in [0.2, 0.25) is 11.5 Å². The number of piperazine rings is 1. The molecule has 1 aromatic heterocycles. The summed E-state index contributed by atoms with van der Waals surface area (Å²) in [5.74, 6) is -0.132. The summed E-state index contributed by atoms with van der Waals surface area (Å²) in [6.45, 7) is 3.32. The van der Waals surface area contributed by atoms with Crippen molar-refractivity contribution in [3.05, 3.63) is 5.69 Å². The van der Waals surface area contributed by atoms with Crippen LogP contribution in [0.5, 0.6) is 0 Å². The number of carbonyl (C=O) groups excluding carboxylic acids is 1. The number of hydrogen-bond acceptors (Lipinski definition) is 5. The highest BCUT2D eigenvalue weighted by Crippen LogP contribution is 2.08. The summed E-state index contributed by atoms with van der Waals surface area (Å²) in [6, 6.07) is 0. The van der Waals surface area contributed by atoms with Crippen LogP contribution in [0.15, 0.2) is 4.63 Å². The molecule has 1 aromatic rings. The lowest BCUT2D eigenvalue weighted by atomic mass is 10.3. The van der Waals surface area contributed by atoms with Gasteiger partial charge < -0.3 is 15.5 Å². The third-order valence-corrected chi connectivity index (χ3v) is 2.62. The number of hydrogen-bond donors (Lipinski definition) is 2. The van der Waals surface area contributed by atoms with Crippen LogP contribution < -0.4 is 10.6 Å². The van der Waals surface area contributed by atoms with E-state index in [-0.39, 0.29) is 17.4 Å². The predicted molar refractivity (Wildman–Crippen MR) is 51.2 cm³/mol. The van der Waals surface area contributed by atoms with E-state index < -0.39 is 0 Å². The first kappa shape index (κ1) is 9.91. The fourth-order valence-corrected chi connectivity index (χ4v) is 1.59. The van der Waals surface area contributed by atoms with Gasteiger partial charge in [-0.1, -0.05) is 0 Å². The minimum absolute atomic E-state index is 0.0614. The number of amides is 1. The van der Waals surface area contributed by atoms with Crippen molar-refractivity contribution in [2.24, 2.45) is 0 Å². The first-order valence-corrected chi connectivity index (χ1v) is 4.87. The molecule has 0 atom stereocenters. The molecule has 2 rings (SSSR count). The van der Waals surface area contributed by atoms with E-state index in [0.717, 1.165) is 26.2 Å². The van der Waals surface area contributed by atoms with Gasteiger partial charge >= 0.3 is 0 Å². The van der Waals surface area contributed by atoms with E-state index in [1.807, 2.05) is 0 Å². The molecule has 1 aliphatic heterocycles. The number of aromatic nitrogens is 2. The lowest BCUT2D eigenvalue weighted by Gasteiger charge is -2.29. The quantitative estimate of drug-likeness (QED) is 0.542. The minimum atomic E-state index is -0.193. The Kier molecular flexibility index (Phi) is 2.55. The smallest absolute Gasteiger partial charge is 0.280 e. The Morgan fingerprint density at radius 3 is 2.67 bits per heavy atom. The van der Waals surface area contributed by atoms with Crippen LogP contribution in [0.2, 0.25) is 0 Å². The molecule has 1 aliphatic rings. The van der Waals surface area contributed by atoms with Gasteiger partial charge in [-0.05, 0) is 10.3 Å². The van der Waals surface area contributed by atoms with Gasteiger partial charge in [-0.25, -0.2) is 4.63 Å². The largest absolute Gasteiger partial charge is 0.379 e. The van der Waals surface area contributed by atoms with E-state index in [1.54, 1.807) is 4.90 Å². The fraction of sp³-hybridized carbons (Fsp3) is 0.625. The molecule has 0 unspecified atom stereocenters. The summed E-state index contributed by atoms with van der Waals surface area (Å²) in [5.41, 5.74) is 5.58. The van der Waals surface area contributed by atoms with Gasteiger partial charge in [0.05, 0.1) is 33.2 Å². The van der Waals surface area contributed by atoms with Crippen LogP contribution in [0.4, 0.5) is 5.82 Å². The third-order valence-electron chi connectivity index (χ3n) is 2.62. The number of quaternary nitrogens is 1. The van der Waals surface area contributed by atoms with E-state index in [0.29, 0.717) is 0 Å². The van der Waals surface area contributed by atoms with Crippen LogP contribution in [0.25, 0.3) is 0 Å². The van der Waals surface area contributed by atoms with Gasteiger partial charge in [0.25, 0.3) is 5.91 Å². The Hall–Kier alpha value is -1.63. The van der Waals surface area contributed by atoms with Crippen LogP contribution in [-0.2, 0) is 0 Å². The second kappa shape index (κ2) is 3.85. The van der Waals surface area contributed by atoms with Crippen molar-refractivity contribution in [2.45, 2.75) is 0 Å². The predicted octanol–water partition coefficient (Wildman–Crippen LogP) is -2.38. The van der Waals surface area contributed by atoms with Crippen LogP contribution in [-0.4, -0.2) is 54.3 Å². The van der Waals surface area contributed by atoms with E-state index in [4.69, 9.17) is 5.73 Å². The molecule has 15 heavy (non-hydrogen) atoms. The van der Waals surface area contributed by atoms with Crippen LogP contribution in [0.3, 0.4) is 0 Å². The van der Waals surface area contributed by atoms with Crippen LogP contribution >= 0.6 is 0 Å². The Morgan fingerprint density at radius 1 is 1.47 bits per heavy atom. The Labute approximate surface area is 86.8 Å². The molecular weight excluding hydrogens is 198 g/mol. The number of anilines is 1. The molecule has 82 valence electrons. The van der Waals surface area contributed by atoms with Gasteiger partial charge in [-0.3, -0.25) is 4.79 Å². The van der Waals surface area contributed by atoms with E-state index in [1.165, 1.54) is 4.90 Å². The lowest BCUT2D eigenvalue weighted by molar-refractivity contribution is -0.883. The molecular formula is C8H14N5O2+. The number of rotatable bonds is 1. The second-order valence-electron chi connectivity index (χ2n) is 3.75. The van der Waals surface area contributed by atoms with Crippen molar-refractivity contribution in [1.82, 2.24) is 15.2 Å². The highest BCUT2D eigenvalue weighted by atomic mass is 16.6. The maximum Gasteiger partial charge on any atom is 0.280 e. The molecule has 1 amide bonds. The summed E-state index contributed by atoms with van der Waals surface area (Å²) < 4.78 is 4.40. The molecule has 0 radical (unpaired) electrons. The topological polar surface area (TPSA) is 89.7 Å². The summed E-state index contributed by atoms with van der Waals surface area (Å²) >= 11 is 0. The van der Waals surface area contributed by atoms with Crippen molar-refractivity contribution in [1.29, 1.82) is 0 Å². The van der Waals surface area contributed by atoms with Gasteiger partial charge in [0.15, 0.2) is 0 Å². The molecule has 0 aliphatic carbocycles. The maximum absolute atomic E-state index is 11.9. The Balaban J connectivity index is 2.06. The van der Waals surface area contributed by atoms with E-state index in [9.17, 15) is 4.79 Å². The summed E-state index contributed by atoms with van der Waals surface area (Å²) in [4.78, 5) is 15.0. The Bertz CT molecular complexity index is 356. The van der Waals surface area contributed by atoms with Gasteiger partial charge in [0.1, 0.15) is 0 Å². The highest BCUT2D eigenvalue weighted by molar-refractivity contribution is 5.96. The number of carbonyl (C=O) groups is 1. The normalized spacial score (nSPS) is 18.1. The summed E-state index contributed by atoms with van der Waals surface area (Å²) in [6.07, 6.45) is 0. The SMILES string of the molecule is C[NH+]1CCN(C(=O)c2nonc2N)CC1. The number of likely N-dealkylation sites (N-methyl/N-ethyl adjacent to an activating group) is 1. The van der Waals surface area contributed by atoms with Crippen molar-refractivity contribution in [2.75, 3.05) is 39.0 Å². The minimum Gasteiger partial charge on any atom is -0.379 e. The molecule has 3 N–H and O–H groups in total. The van der Waals surface area contributed by atoms with Gasteiger partial charge in [0, 0.05) is 0 Å². The monoisotopic (exact) mass is 212 g/mol. The number of nitrogens with two attached hydrogens (primary N) is 1. The lowest BCUT2D eigenvalue weighted by Crippen LogP contribution is -3.12. The third kappa shape index (κ3) is 1.91. The van der Waals surface area contributed by atoms with Gasteiger partial charge in [-0.2, -0.15) is 0 Å². The average Bonchev–Trinajstić information content (AvgIpc) is 2.65. The van der Waals surface area contributed by atoms with Crippen molar-refractivity contribution < 1.29 is 14.3 Å². The number of nitrogens with one attached hydrogen (secondary N) is 1. The van der Waals surface area contributed by atoms with Gasteiger partial charge in [-0.15, -0.1) is 0 Å². The molecule has 0 saturated carbocycles. The number of nitrogen functional groups attached to an aromatic ring is 1. The zero-order valence-corrected chi connectivity index (χ0v) is 8.56. The molecule has 7 heteroatoms. The molecule has 0 aromatic carbocycles. The van der Waals surface area contributed by atoms with Crippen molar-refractivity contribution in [3.63, 3.8) is 0 Å². The summed E-state index contributed by atoms with van der Waals surface area (Å²) in [7, 11) is 2.10. The number of nitrogens with zero attached hydrogens (tertiary/aromatic N) is 3. The molecule has 2 heterocycles. The second-order valence-corrected chi connectivity index (χ2v) is 3.75. The van der Waals surface area contributed by atoms with Crippen LogP contribution in [0, 0.1) is 0 Å².